The highest BCUT2D eigenvalue weighted by Gasteiger charge is 2.47. The second-order valence-electron chi connectivity index (χ2n) is 16.5. The van der Waals surface area contributed by atoms with Crippen LogP contribution in [0.25, 0.3) is 0 Å². The van der Waals surface area contributed by atoms with Gasteiger partial charge in [-0.3, -0.25) is 5.32 Å². The minimum absolute atomic E-state index is 0.0558. The van der Waals surface area contributed by atoms with Crippen molar-refractivity contribution in [3.05, 3.63) is 120 Å². The molecule has 0 radical (unpaired) electrons. The summed E-state index contributed by atoms with van der Waals surface area (Å²) in [4.78, 5) is 28.4. The predicted octanol–water partition coefficient (Wildman–Crippen LogP) is 10.2. The fourth-order valence-corrected chi connectivity index (χ4v) is 7.70. The summed E-state index contributed by atoms with van der Waals surface area (Å²) in [5.41, 5.74) is 1.09. The lowest BCUT2D eigenvalue weighted by molar-refractivity contribution is -0.165. The smallest absolute Gasteiger partial charge is 0.408 e. The number of hydrogen-bond acceptors (Lipinski definition) is 6. The van der Waals surface area contributed by atoms with Gasteiger partial charge in [-0.2, -0.15) is 0 Å². The first-order valence-electron chi connectivity index (χ1n) is 18.8. The van der Waals surface area contributed by atoms with Crippen LogP contribution in [0.1, 0.15) is 83.9 Å². The number of esters is 1. The first kappa shape index (κ1) is 41.0. The van der Waals surface area contributed by atoms with E-state index in [9.17, 15) is 9.59 Å². The molecule has 0 aromatic heterocycles. The van der Waals surface area contributed by atoms with Gasteiger partial charge in [0.05, 0.1) is 13.2 Å². The highest BCUT2D eigenvalue weighted by Crippen LogP contribution is 2.44. The minimum Gasteiger partial charge on any atom is -0.460 e. The van der Waals surface area contributed by atoms with Crippen molar-refractivity contribution < 1.29 is 28.2 Å². The first-order chi connectivity index (χ1) is 24.6. The molecule has 3 aromatic carbocycles. The maximum Gasteiger partial charge on any atom is 0.408 e. The zero-order chi connectivity index (χ0) is 37.8. The van der Waals surface area contributed by atoms with Crippen LogP contribution >= 0.6 is 0 Å². The van der Waals surface area contributed by atoms with Crippen LogP contribution in [0.3, 0.4) is 0 Å². The van der Waals surface area contributed by atoms with Gasteiger partial charge in [0.1, 0.15) is 12.7 Å². The predicted molar refractivity (Wildman–Crippen MR) is 211 cm³/mol. The van der Waals surface area contributed by atoms with Crippen LogP contribution in [0, 0.1) is 11.8 Å². The second kappa shape index (κ2) is 18.4. The Labute approximate surface area is 313 Å². The number of hydrogen-bond donors (Lipinski definition) is 1. The third-order valence-corrected chi connectivity index (χ3v) is 15.6. The van der Waals surface area contributed by atoms with Gasteiger partial charge in [0.25, 0.3) is 0 Å². The Morgan fingerprint density at radius 1 is 0.827 bits per heavy atom. The molecule has 0 heterocycles. The lowest BCUT2D eigenvalue weighted by atomic mass is 9.64. The van der Waals surface area contributed by atoms with Gasteiger partial charge in [0.15, 0.2) is 13.9 Å². The zero-order valence-corrected chi connectivity index (χ0v) is 33.7. The average molecular weight is 728 g/mol. The van der Waals surface area contributed by atoms with Crippen molar-refractivity contribution in [2.75, 3.05) is 13.2 Å². The van der Waals surface area contributed by atoms with Crippen molar-refractivity contribution in [2.45, 2.75) is 116 Å². The van der Waals surface area contributed by atoms with Crippen LogP contribution in [-0.2, 0) is 42.1 Å². The summed E-state index contributed by atoms with van der Waals surface area (Å²) >= 11 is 0. The van der Waals surface area contributed by atoms with Gasteiger partial charge >= 0.3 is 12.1 Å². The van der Waals surface area contributed by atoms with Gasteiger partial charge in [-0.05, 0) is 71.5 Å². The van der Waals surface area contributed by atoms with E-state index in [4.69, 9.17) is 18.6 Å². The Balaban J connectivity index is 1.65. The topological polar surface area (TPSA) is 83.1 Å². The highest BCUT2D eigenvalue weighted by atomic mass is 28.4. The lowest BCUT2D eigenvalue weighted by Crippen LogP contribution is -2.59. The van der Waals surface area contributed by atoms with Gasteiger partial charge < -0.3 is 18.6 Å². The SMILES string of the molecule is C[C@@H]1CC[C@@H](C(C)(C)c2ccccc2)[C@H](OC(=O)[C@@](/C=C/CCO[Si](C)(C)C(C)(C)C)(COCc2ccccc2)NC(=O)OCc2ccccc2)C1. The molecule has 3 aromatic rings. The zero-order valence-electron chi connectivity index (χ0n) is 32.7. The van der Waals surface area contributed by atoms with Crippen molar-refractivity contribution in [1.82, 2.24) is 5.32 Å². The maximum absolute atomic E-state index is 14.8. The van der Waals surface area contributed by atoms with E-state index in [0.29, 0.717) is 18.9 Å². The van der Waals surface area contributed by atoms with E-state index >= 15 is 0 Å². The van der Waals surface area contributed by atoms with Gasteiger partial charge in [-0.15, -0.1) is 0 Å². The molecule has 0 spiro atoms. The number of alkyl carbamates (subject to hydrolysis) is 1. The maximum atomic E-state index is 14.8. The van der Waals surface area contributed by atoms with Crippen molar-refractivity contribution in [3.63, 3.8) is 0 Å². The summed E-state index contributed by atoms with van der Waals surface area (Å²) in [5, 5.41) is 2.99. The normalized spacial score (nSPS) is 19.5. The molecule has 1 saturated carbocycles. The Morgan fingerprint density at radius 2 is 1.40 bits per heavy atom. The molecule has 1 aliphatic rings. The van der Waals surface area contributed by atoms with E-state index in [-0.39, 0.29) is 42.3 Å². The van der Waals surface area contributed by atoms with Gasteiger partial charge in [-0.1, -0.05) is 145 Å². The van der Waals surface area contributed by atoms with E-state index in [1.54, 1.807) is 6.08 Å². The fourth-order valence-electron chi connectivity index (χ4n) is 6.64. The number of rotatable bonds is 16. The van der Waals surface area contributed by atoms with Crippen molar-refractivity contribution >= 4 is 20.4 Å². The summed E-state index contributed by atoms with van der Waals surface area (Å²) in [5.74, 6) is -0.104. The summed E-state index contributed by atoms with van der Waals surface area (Å²) in [6.07, 6.45) is 5.78. The van der Waals surface area contributed by atoms with Gasteiger partial charge in [-0.25, -0.2) is 9.59 Å². The minimum atomic E-state index is -1.98. The van der Waals surface area contributed by atoms with Crippen molar-refractivity contribution in [1.29, 1.82) is 0 Å². The molecule has 52 heavy (non-hydrogen) atoms. The molecule has 1 fully saturated rings. The molecule has 0 aliphatic heterocycles. The molecule has 4 rings (SSSR count). The highest BCUT2D eigenvalue weighted by molar-refractivity contribution is 6.74. The van der Waals surface area contributed by atoms with Crippen LogP contribution in [0.5, 0.6) is 0 Å². The van der Waals surface area contributed by atoms with Crippen LogP contribution in [0.15, 0.2) is 103 Å². The van der Waals surface area contributed by atoms with Crippen LogP contribution < -0.4 is 5.32 Å². The van der Waals surface area contributed by atoms with Gasteiger partial charge in [0.2, 0.25) is 0 Å². The van der Waals surface area contributed by atoms with Crippen molar-refractivity contribution in [3.8, 4) is 0 Å². The molecule has 1 aliphatic carbocycles. The van der Waals surface area contributed by atoms with Gasteiger partial charge in [0, 0.05) is 12.5 Å². The molecular formula is C44H61NO6Si. The fraction of sp³-hybridized carbons (Fsp3) is 0.500. The van der Waals surface area contributed by atoms with Crippen LogP contribution in [-0.4, -0.2) is 45.2 Å². The van der Waals surface area contributed by atoms with E-state index in [1.165, 1.54) is 5.56 Å². The standard InChI is InChI=1S/C44H61NO6Si/c1-34-26-27-38(43(5,6)37-24-16-11-17-25-37)39(30-34)51-40(46)44(33-48-31-35-20-12-9-13-21-35,28-18-19-29-50-52(7,8)42(2,3)4)45-41(47)49-32-36-22-14-10-15-23-36/h9-18,20-25,28,34,38-39H,19,26-27,29-33H2,1-8H3,(H,45,47)/b28-18+/t34-,38-,39-,44-/m1/s1. The molecule has 4 atom stereocenters. The summed E-state index contributed by atoms with van der Waals surface area (Å²) in [7, 11) is -1.98. The Morgan fingerprint density at radius 3 is 2.00 bits per heavy atom. The molecule has 8 heteroatoms. The molecule has 1 amide bonds. The Kier molecular flexibility index (Phi) is 14.5. The number of benzene rings is 3. The largest absolute Gasteiger partial charge is 0.460 e. The number of nitrogens with one attached hydrogen (secondary N) is 1. The van der Waals surface area contributed by atoms with E-state index in [1.807, 2.05) is 72.8 Å². The monoisotopic (exact) mass is 727 g/mol. The van der Waals surface area contributed by atoms with E-state index in [2.05, 4.69) is 84.2 Å². The third-order valence-electron chi connectivity index (χ3n) is 11.1. The summed E-state index contributed by atoms with van der Waals surface area (Å²) < 4.78 is 25.0. The number of carbonyl (C=O) groups excluding carboxylic acids is 2. The lowest BCUT2D eigenvalue weighted by Gasteiger charge is -2.45. The quantitative estimate of drug-likeness (QED) is 0.0685. The summed E-state index contributed by atoms with van der Waals surface area (Å²) in [6, 6.07) is 29.7. The second-order valence-corrected chi connectivity index (χ2v) is 21.3. The number of ether oxygens (including phenoxy) is 3. The summed E-state index contributed by atoms with van der Waals surface area (Å²) in [6.45, 7) is 18.4. The molecule has 0 bridgehead atoms. The molecule has 0 saturated heterocycles. The first-order valence-corrected chi connectivity index (χ1v) is 21.7. The Hall–Kier alpha value is -3.72. The molecular weight excluding hydrogens is 667 g/mol. The van der Waals surface area contributed by atoms with Crippen LogP contribution in [0.2, 0.25) is 18.1 Å². The Bertz CT molecular complexity index is 1570. The number of amides is 1. The average Bonchev–Trinajstić information content (AvgIpc) is 3.11. The molecule has 7 nitrogen and oxygen atoms in total. The van der Waals surface area contributed by atoms with E-state index < -0.39 is 25.9 Å². The third kappa shape index (κ3) is 11.4. The van der Waals surface area contributed by atoms with Crippen LogP contribution in [0.4, 0.5) is 4.79 Å². The van der Waals surface area contributed by atoms with E-state index in [0.717, 1.165) is 30.4 Å². The molecule has 0 unspecified atom stereocenters. The van der Waals surface area contributed by atoms with Crippen molar-refractivity contribution in [2.24, 2.45) is 11.8 Å². The number of carbonyl (C=O) groups is 2. The molecule has 282 valence electrons. The molecule has 1 N–H and O–H groups in total.